The zero-order chi connectivity index (χ0) is 25.7. The molecule has 38 heavy (non-hydrogen) atoms. The monoisotopic (exact) mass is 500 g/mol. The lowest BCUT2D eigenvalue weighted by atomic mass is 10.0. The van der Waals surface area contributed by atoms with Crippen molar-refractivity contribution in [3.63, 3.8) is 0 Å². The summed E-state index contributed by atoms with van der Waals surface area (Å²) in [5.41, 5.74) is 6.86. The number of fused-ring (bicyclic) bond motifs is 1. The van der Waals surface area contributed by atoms with Gasteiger partial charge in [0.25, 0.3) is 5.91 Å². The fourth-order valence-electron chi connectivity index (χ4n) is 4.71. The minimum atomic E-state index is -0.248. The van der Waals surface area contributed by atoms with Gasteiger partial charge in [0.15, 0.2) is 5.65 Å². The molecule has 0 atom stereocenters. The quantitative estimate of drug-likeness (QED) is 0.313. The number of anilines is 2. The van der Waals surface area contributed by atoms with E-state index in [0.29, 0.717) is 11.3 Å². The van der Waals surface area contributed by atoms with Crippen LogP contribution in [0.1, 0.15) is 21.6 Å². The third-order valence-corrected chi connectivity index (χ3v) is 6.68. The molecule has 6 rings (SSSR count). The lowest BCUT2D eigenvalue weighted by molar-refractivity contribution is 0.102. The van der Waals surface area contributed by atoms with Crippen molar-refractivity contribution >= 4 is 35.1 Å². The molecule has 3 heterocycles. The third kappa shape index (κ3) is 5.05. The molecule has 2 N–H and O–H groups in total. The standard InChI is InChI=1S/C31H28N6O/c38-31(35-27-11-4-5-12-29(27)36-19-16-32-17-20-36)28-15-18-37-30(34-28)26(22-33-37)25-10-6-9-24(21-25)14-13-23-7-2-1-3-8-23/h1-15,18,21-22,32H,16-17,19-20H2,(H,35,38)/b14-13-. The number of aromatic nitrogens is 3. The molecule has 5 aromatic rings. The first-order valence-electron chi connectivity index (χ1n) is 12.8. The van der Waals surface area contributed by atoms with Crippen molar-refractivity contribution in [1.29, 1.82) is 0 Å². The molecule has 2 aromatic heterocycles. The summed E-state index contributed by atoms with van der Waals surface area (Å²) in [4.78, 5) is 20.3. The van der Waals surface area contributed by atoms with Crippen LogP contribution < -0.4 is 15.5 Å². The van der Waals surface area contributed by atoms with Gasteiger partial charge in [-0.2, -0.15) is 5.10 Å². The van der Waals surface area contributed by atoms with E-state index in [1.54, 1.807) is 23.0 Å². The van der Waals surface area contributed by atoms with Crippen LogP contribution in [-0.4, -0.2) is 46.7 Å². The van der Waals surface area contributed by atoms with E-state index in [-0.39, 0.29) is 5.91 Å². The number of piperazine rings is 1. The van der Waals surface area contributed by atoms with Gasteiger partial charge < -0.3 is 15.5 Å². The Morgan fingerprint density at radius 3 is 2.50 bits per heavy atom. The van der Waals surface area contributed by atoms with E-state index in [1.165, 1.54) is 0 Å². The number of hydrogen-bond donors (Lipinski definition) is 2. The summed E-state index contributed by atoms with van der Waals surface area (Å²) in [5, 5.41) is 10.9. The smallest absolute Gasteiger partial charge is 0.274 e. The highest BCUT2D eigenvalue weighted by atomic mass is 16.1. The fraction of sp³-hybridized carbons (Fsp3) is 0.129. The van der Waals surface area contributed by atoms with E-state index < -0.39 is 0 Å². The van der Waals surface area contributed by atoms with Gasteiger partial charge in [0, 0.05) is 37.9 Å². The largest absolute Gasteiger partial charge is 0.367 e. The van der Waals surface area contributed by atoms with Gasteiger partial charge in [-0.1, -0.05) is 72.8 Å². The second-order valence-electron chi connectivity index (χ2n) is 9.22. The molecule has 0 saturated carbocycles. The van der Waals surface area contributed by atoms with Gasteiger partial charge >= 0.3 is 0 Å². The molecule has 188 valence electrons. The maximum Gasteiger partial charge on any atom is 0.274 e. The molecule has 7 heteroatoms. The molecule has 0 spiro atoms. The highest BCUT2D eigenvalue weighted by Crippen LogP contribution is 2.28. The average Bonchev–Trinajstić information content (AvgIpc) is 3.41. The topological polar surface area (TPSA) is 74.6 Å². The van der Waals surface area contributed by atoms with Crippen LogP contribution in [0.15, 0.2) is 97.3 Å². The summed E-state index contributed by atoms with van der Waals surface area (Å²) in [7, 11) is 0. The number of carbonyl (C=O) groups excluding carboxylic acids is 1. The molecule has 1 amide bonds. The summed E-state index contributed by atoms with van der Waals surface area (Å²) in [6.45, 7) is 3.65. The molecule has 1 fully saturated rings. The molecule has 0 radical (unpaired) electrons. The second kappa shape index (κ2) is 10.7. The Bertz CT molecular complexity index is 1600. The van der Waals surface area contributed by atoms with Gasteiger partial charge in [0.05, 0.1) is 17.6 Å². The Morgan fingerprint density at radius 1 is 0.868 bits per heavy atom. The van der Waals surface area contributed by atoms with Crippen LogP contribution in [0.2, 0.25) is 0 Å². The van der Waals surface area contributed by atoms with Crippen LogP contribution in [-0.2, 0) is 0 Å². The van der Waals surface area contributed by atoms with E-state index in [9.17, 15) is 4.79 Å². The molecular weight excluding hydrogens is 472 g/mol. The SMILES string of the molecule is O=C(Nc1ccccc1N1CCNCC1)c1ccn2ncc(-c3cccc(/C=C\c4ccccc4)c3)c2n1. The van der Waals surface area contributed by atoms with Crippen LogP contribution in [0.3, 0.4) is 0 Å². The highest BCUT2D eigenvalue weighted by molar-refractivity contribution is 6.05. The van der Waals surface area contributed by atoms with Crippen molar-refractivity contribution in [3.8, 4) is 11.1 Å². The average molecular weight is 501 g/mol. The Hall–Kier alpha value is -4.75. The Morgan fingerprint density at radius 2 is 1.63 bits per heavy atom. The number of benzene rings is 3. The number of nitrogens with zero attached hydrogens (tertiary/aromatic N) is 4. The maximum absolute atomic E-state index is 13.3. The molecule has 0 unspecified atom stereocenters. The number of amides is 1. The minimum absolute atomic E-state index is 0.248. The lowest BCUT2D eigenvalue weighted by Crippen LogP contribution is -2.43. The first-order chi connectivity index (χ1) is 18.7. The molecule has 7 nitrogen and oxygen atoms in total. The van der Waals surface area contributed by atoms with E-state index in [1.807, 2.05) is 54.6 Å². The molecule has 1 saturated heterocycles. The van der Waals surface area contributed by atoms with E-state index in [0.717, 1.165) is 59.8 Å². The van der Waals surface area contributed by atoms with Crippen molar-refractivity contribution in [2.75, 3.05) is 36.4 Å². The predicted molar refractivity (Wildman–Crippen MR) is 153 cm³/mol. The second-order valence-corrected chi connectivity index (χ2v) is 9.22. The van der Waals surface area contributed by atoms with Gasteiger partial charge in [-0.05, 0) is 41.0 Å². The number of rotatable bonds is 6. The first kappa shape index (κ1) is 23.6. The van der Waals surface area contributed by atoms with Gasteiger partial charge in [-0.3, -0.25) is 4.79 Å². The van der Waals surface area contributed by atoms with Crippen LogP contribution in [0.5, 0.6) is 0 Å². The van der Waals surface area contributed by atoms with Gasteiger partial charge in [-0.25, -0.2) is 9.50 Å². The Labute approximate surface area is 221 Å². The van der Waals surface area contributed by atoms with E-state index in [4.69, 9.17) is 4.98 Å². The number of carbonyl (C=O) groups is 1. The van der Waals surface area contributed by atoms with Crippen molar-refractivity contribution in [2.45, 2.75) is 0 Å². The fourth-order valence-corrected chi connectivity index (χ4v) is 4.71. The zero-order valence-corrected chi connectivity index (χ0v) is 20.9. The van der Waals surface area contributed by atoms with Crippen LogP contribution >= 0.6 is 0 Å². The summed E-state index contributed by atoms with van der Waals surface area (Å²) in [6.07, 6.45) is 7.76. The van der Waals surface area contributed by atoms with Crippen molar-refractivity contribution < 1.29 is 4.79 Å². The normalized spacial score (nSPS) is 13.7. The van der Waals surface area contributed by atoms with E-state index in [2.05, 4.69) is 57.0 Å². The Kier molecular flexibility index (Phi) is 6.66. The van der Waals surface area contributed by atoms with Crippen molar-refractivity contribution in [3.05, 3.63) is 114 Å². The summed E-state index contributed by atoms with van der Waals surface area (Å²) in [6, 6.07) is 28.1. The van der Waals surface area contributed by atoms with Crippen LogP contribution in [0.4, 0.5) is 11.4 Å². The molecule has 1 aliphatic rings. The molecule has 1 aliphatic heterocycles. The van der Waals surface area contributed by atoms with E-state index >= 15 is 0 Å². The minimum Gasteiger partial charge on any atom is -0.367 e. The van der Waals surface area contributed by atoms with Gasteiger partial charge in [0.1, 0.15) is 5.69 Å². The molecule has 0 aliphatic carbocycles. The van der Waals surface area contributed by atoms with Crippen molar-refractivity contribution in [1.82, 2.24) is 19.9 Å². The lowest BCUT2D eigenvalue weighted by Gasteiger charge is -2.31. The van der Waals surface area contributed by atoms with Crippen LogP contribution in [0, 0.1) is 0 Å². The Balaban J connectivity index is 1.27. The summed E-state index contributed by atoms with van der Waals surface area (Å²) in [5.74, 6) is -0.248. The molecule has 3 aromatic carbocycles. The first-order valence-corrected chi connectivity index (χ1v) is 12.8. The highest BCUT2D eigenvalue weighted by Gasteiger charge is 2.18. The third-order valence-electron chi connectivity index (χ3n) is 6.68. The predicted octanol–water partition coefficient (Wildman–Crippen LogP) is 5.23. The number of hydrogen-bond acceptors (Lipinski definition) is 5. The number of nitrogens with one attached hydrogen (secondary N) is 2. The zero-order valence-electron chi connectivity index (χ0n) is 20.9. The summed E-state index contributed by atoms with van der Waals surface area (Å²) >= 11 is 0. The number of para-hydroxylation sites is 2. The van der Waals surface area contributed by atoms with Gasteiger partial charge in [0.2, 0.25) is 0 Å². The maximum atomic E-state index is 13.3. The van der Waals surface area contributed by atoms with Crippen LogP contribution in [0.25, 0.3) is 28.9 Å². The molecular formula is C31H28N6O. The van der Waals surface area contributed by atoms with Crippen molar-refractivity contribution in [2.24, 2.45) is 0 Å². The molecule has 0 bridgehead atoms. The summed E-state index contributed by atoms with van der Waals surface area (Å²) < 4.78 is 1.70. The van der Waals surface area contributed by atoms with Gasteiger partial charge in [-0.15, -0.1) is 0 Å².